The van der Waals surface area contributed by atoms with E-state index in [4.69, 9.17) is 16.3 Å². The molecule has 0 fully saturated rings. The molecule has 1 heterocycles. The lowest BCUT2D eigenvalue weighted by molar-refractivity contribution is -0.118. The summed E-state index contributed by atoms with van der Waals surface area (Å²) in [5, 5.41) is 13.9. The van der Waals surface area contributed by atoms with Gasteiger partial charge in [0.15, 0.2) is 11.0 Å². The van der Waals surface area contributed by atoms with Crippen LogP contribution < -0.4 is 10.2 Å². The molecule has 0 unspecified atom stereocenters. The van der Waals surface area contributed by atoms with Gasteiger partial charge in [0.25, 0.3) is 5.91 Å². The summed E-state index contributed by atoms with van der Waals surface area (Å²) >= 11 is 10.8. The predicted octanol–water partition coefficient (Wildman–Crippen LogP) is 5.60. The average molecular weight is 557 g/mol. The van der Waals surface area contributed by atoms with Gasteiger partial charge < -0.3 is 4.74 Å². The molecular weight excluding hydrogens is 538 g/mol. The van der Waals surface area contributed by atoms with E-state index in [1.54, 1.807) is 25.5 Å². The number of hydrogen-bond donors (Lipinski definition) is 1. The van der Waals surface area contributed by atoms with Crippen molar-refractivity contribution in [2.45, 2.75) is 5.16 Å². The molecule has 34 heavy (non-hydrogen) atoms. The molecule has 0 bridgehead atoms. The number of nitrogens with zero attached hydrogens (tertiary/aromatic N) is 4. The Kier molecular flexibility index (Phi) is 7.99. The van der Waals surface area contributed by atoms with Crippen molar-refractivity contribution < 1.29 is 9.53 Å². The van der Waals surface area contributed by atoms with E-state index >= 15 is 0 Å². The normalized spacial score (nSPS) is 11.0. The number of carbonyl (C=O) groups is 1. The van der Waals surface area contributed by atoms with E-state index in [0.717, 1.165) is 27.0 Å². The molecule has 0 spiro atoms. The molecule has 1 amide bonds. The van der Waals surface area contributed by atoms with E-state index in [9.17, 15) is 4.79 Å². The van der Waals surface area contributed by atoms with Crippen LogP contribution in [0.5, 0.6) is 5.75 Å². The van der Waals surface area contributed by atoms with E-state index in [0.29, 0.717) is 16.0 Å². The topological polar surface area (TPSA) is 81.4 Å². The number of halogens is 2. The van der Waals surface area contributed by atoms with Crippen molar-refractivity contribution in [2.24, 2.45) is 5.10 Å². The van der Waals surface area contributed by atoms with Crippen molar-refractivity contribution in [3.05, 3.63) is 87.9 Å². The first kappa shape index (κ1) is 24.0. The molecule has 0 atom stereocenters. The Balaban J connectivity index is 1.47. The first-order chi connectivity index (χ1) is 16.5. The number of ether oxygens (including phenoxy) is 1. The van der Waals surface area contributed by atoms with Crippen LogP contribution >= 0.6 is 39.3 Å². The van der Waals surface area contributed by atoms with Crippen LogP contribution in [0.15, 0.2) is 87.5 Å². The number of benzene rings is 3. The van der Waals surface area contributed by atoms with Gasteiger partial charge in [-0.05, 0) is 64.0 Å². The van der Waals surface area contributed by atoms with Gasteiger partial charge in [0.05, 0.1) is 23.5 Å². The molecule has 0 saturated heterocycles. The maximum Gasteiger partial charge on any atom is 0.250 e. The summed E-state index contributed by atoms with van der Waals surface area (Å²) in [7, 11) is 1.60. The molecule has 172 valence electrons. The van der Waals surface area contributed by atoms with Gasteiger partial charge in [-0.3, -0.25) is 9.36 Å². The van der Waals surface area contributed by atoms with Crippen LogP contribution in [0.25, 0.3) is 17.1 Å². The summed E-state index contributed by atoms with van der Waals surface area (Å²) in [6, 6.07) is 22.6. The molecule has 4 aromatic rings. The van der Waals surface area contributed by atoms with Crippen molar-refractivity contribution >= 4 is 51.4 Å². The minimum absolute atomic E-state index is 0.115. The molecule has 0 radical (unpaired) electrons. The van der Waals surface area contributed by atoms with Crippen LogP contribution in [0.3, 0.4) is 0 Å². The largest absolute Gasteiger partial charge is 0.496 e. The van der Waals surface area contributed by atoms with Gasteiger partial charge in [0.2, 0.25) is 0 Å². The van der Waals surface area contributed by atoms with Crippen molar-refractivity contribution in [3.63, 3.8) is 0 Å². The van der Waals surface area contributed by atoms with Gasteiger partial charge in [-0.15, -0.1) is 10.2 Å². The smallest absolute Gasteiger partial charge is 0.250 e. The summed E-state index contributed by atoms with van der Waals surface area (Å²) in [6.45, 7) is 0. The molecule has 0 aliphatic carbocycles. The lowest BCUT2D eigenvalue weighted by Gasteiger charge is -2.10. The minimum atomic E-state index is -0.263. The Hall–Kier alpha value is -3.14. The number of aromatic nitrogens is 3. The molecule has 4 rings (SSSR count). The Labute approximate surface area is 214 Å². The van der Waals surface area contributed by atoms with Gasteiger partial charge in [-0.25, -0.2) is 5.43 Å². The SMILES string of the molecule is COc1ccc(/C=N\NC(=O)CSc2nnc(-c3ccccc3)n2-c2ccc(Cl)cc2)cc1Br. The number of amides is 1. The number of methoxy groups -OCH3 is 1. The highest BCUT2D eigenvalue weighted by atomic mass is 79.9. The highest BCUT2D eigenvalue weighted by molar-refractivity contribution is 9.10. The third-order valence-corrected chi connectivity index (χ3v) is 6.46. The number of nitrogens with one attached hydrogen (secondary N) is 1. The molecule has 1 N–H and O–H groups in total. The second-order valence-electron chi connectivity index (χ2n) is 6.96. The monoisotopic (exact) mass is 555 g/mol. The Morgan fingerprint density at radius 3 is 2.62 bits per heavy atom. The molecule has 0 saturated carbocycles. The molecule has 0 aliphatic heterocycles. The van der Waals surface area contributed by atoms with Crippen LogP contribution in [-0.2, 0) is 4.79 Å². The summed E-state index contributed by atoms with van der Waals surface area (Å²) in [6.07, 6.45) is 1.57. The Morgan fingerprint density at radius 2 is 1.91 bits per heavy atom. The molecule has 1 aromatic heterocycles. The molecule has 3 aromatic carbocycles. The van der Waals surface area contributed by atoms with Gasteiger partial charge in [0.1, 0.15) is 5.75 Å². The second kappa shape index (κ2) is 11.3. The van der Waals surface area contributed by atoms with Crippen molar-refractivity contribution in [3.8, 4) is 22.8 Å². The van der Waals surface area contributed by atoms with Crippen molar-refractivity contribution in [1.29, 1.82) is 0 Å². The fourth-order valence-electron chi connectivity index (χ4n) is 3.06. The lowest BCUT2D eigenvalue weighted by atomic mass is 10.2. The Morgan fingerprint density at radius 1 is 1.15 bits per heavy atom. The van der Waals surface area contributed by atoms with Crippen LogP contribution in [0.4, 0.5) is 0 Å². The zero-order valence-corrected chi connectivity index (χ0v) is 21.1. The fourth-order valence-corrected chi connectivity index (χ4v) is 4.49. The van der Waals surface area contributed by atoms with Crippen LogP contribution in [0.2, 0.25) is 5.02 Å². The van der Waals surface area contributed by atoms with Gasteiger partial charge >= 0.3 is 0 Å². The minimum Gasteiger partial charge on any atom is -0.496 e. The number of hydrogen-bond acceptors (Lipinski definition) is 6. The number of carbonyl (C=O) groups excluding carboxylic acids is 1. The first-order valence-corrected chi connectivity index (χ1v) is 12.3. The molecule has 0 aliphatic rings. The average Bonchev–Trinajstić information content (AvgIpc) is 3.28. The Bertz CT molecular complexity index is 1310. The van der Waals surface area contributed by atoms with E-state index < -0.39 is 0 Å². The van der Waals surface area contributed by atoms with Crippen LogP contribution in [0, 0.1) is 0 Å². The quantitative estimate of drug-likeness (QED) is 0.174. The standard InChI is InChI=1S/C24H19BrClN5O2S/c1-33-21-12-7-16(13-20(21)25)14-27-28-22(32)15-34-24-30-29-23(17-5-3-2-4-6-17)31(24)19-10-8-18(26)9-11-19/h2-14H,15H2,1H3,(H,28,32)/b27-14-. The van der Waals surface area contributed by atoms with E-state index in [2.05, 4.69) is 36.7 Å². The summed E-state index contributed by atoms with van der Waals surface area (Å²) in [5.41, 5.74) is 5.12. The van der Waals surface area contributed by atoms with Gasteiger partial charge in [-0.1, -0.05) is 53.7 Å². The number of rotatable bonds is 8. The zero-order chi connectivity index (χ0) is 23.9. The van der Waals surface area contributed by atoms with E-state index in [1.807, 2.05) is 65.2 Å². The molecule has 10 heteroatoms. The predicted molar refractivity (Wildman–Crippen MR) is 139 cm³/mol. The number of thioether (sulfide) groups is 1. The maximum absolute atomic E-state index is 12.4. The maximum atomic E-state index is 12.4. The van der Waals surface area contributed by atoms with E-state index in [1.165, 1.54) is 11.8 Å². The van der Waals surface area contributed by atoms with Crippen LogP contribution in [0.1, 0.15) is 5.56 Å². The third kappa shape index (κ3) is 5.85. The summed E-state index contributed by atoms with van der Waals surface area (Å²) < 4.78 is 7.92. The van der Waals surface area contributed by atoms with Crippen molar-refractivity contribution in [2.75, 3.05) is 12.9 Å². The number of hydrazone groups is 1. The van der Waals surface area contributed by atoms with Gasteiger partial charge in [0, 0.05) is 16.3 Å². The first-order valence-electron chi connectivity index (χ1n) is 10.1. The van der Waals surface area contributed by atoms with Gasteiger partial charge in [-0.2, -0.15) is 5.10 Å². The fraction of sp³-hybridized carbons (Fsp3) is 0.0833. The third-order valence-electron chi connectivity index (χ3n) is 4.66. The van der Waals surface area contributed by atoms with E-state index in [-0.39, 0.29) is 11.7 Å². The highest BCUT2D eigenvalue weighted by Crippen LogP contribution is 2.28. The molecule has 7 nitrogen and oxygen atoms in total. The molecular formula is C24H19BrClN5O2S. The second-order valence-corrected chi connectivity index (χ2v) is 9.19. The van der Waals surface area contributed by atoms with Crippen molar-refractivity contribution in [1.82, 2.24) is 20.2 Å². The summed E-state index contributed by atoms with van der Waals surface area (Å²) in [4.78, 5) is 12.4. The zero-order valence-electron chi connectivity index (χ0n) is 18.0. The highest BCUT2D eigenvalue weighted by Gasteiger charge is 2.17. The lowest BCUT2D eigenvalue weighted by Crippen LogP contribution is -2.20. The summed E-state index contributed by atoms with van der Waals surface area (Å²) in [5.74, 6) is 1.25. The van der Waals surface area contributed by atoms with Crippen LogP contribution in [-0.4, -0.2) is 39.7 Å².